The van der Waals surface area contributed by atoms with Crippen LogP contribution in [0.2, 0.25) is 0 Å². The van der Waals surface area contributed by atoms with Crippen molar-refractivity contribution in [3.63, 3.8) is 0 Å². The molecule has 0 aliphatic heterocycles. The highest BCUT2D eigenvalue weighted by Gasteiger charge is 2.75. The van der Waals surface area contributed by atoms with Crippen LogP contribution in [0.1, 0.15) is 18.4 Å². The van der Waals surface area contributed by atoms with Crippen LogP contribution in [0.15, 0.2) is 24.3 Å². The maximum Gasteiger partial charge on any atom is 0.314 e. The zero-order valence-corrected chi connectivity index (χ0v) is 11.6. The largest absolute Gasteiger partial charge is 0.481 e. The Morgan fingerprint density at radius 2 is 2.10 bits per heavy atom. The summed E-state index contributed by atoms with van der Waals surface area (Å²) in [7, 11) is -3.66. The van der Waals surface area contributed by atoms with Crippen LogP contribution in [0.4, 0.5) is 4.39 Å². The summed E-state index contributed by atoms with van der Waals surface area (Å²) in [5.74, 6) is -3.10. The molecule has 1 fully saturated rings. The molecular formula is C13H15FO5S. The number of carboxylic acid groups (broad SMARTS) is 1. The Labute approximate surface area is 116 Å². The third-order valence-electron chi connectivity index (χ3n) is 3.91. The average Bonchev–Trinajstić information content (AvgIpc) is 3.10. The summed E-state index contributed by atoms with van der Waals surface area (Å²) >= 11 is 0. The van der Waals surface area contributed by atoms with Crippen molar-refractivity contribution < 1.29 is 27.8 Å². The van der Waals surface area contributed by atoms with E-state index in [2.05, 4.69) is 0 Å². The van der Waals surface area contributed by atoms with Crippen molar-refractivity contribution in [3.05, 3.63) is 35.6 Å². The number of sulfone groups is 1. The SMILES string of the molecule is CCS(=O)(=O)[C@H]1[C@H](c2cccc(F)c2)[C@@]1(CO)C(=O)O. The molecule has 7 heteroatoms. The lowest BCUT2D eigenvalue weighted by Gasteiger charge is -2.08. The van der Waals surface area contributed by atoms with Crippen LogP contribution in [-0.4, -0.2) is 42.2 Å². The zero-order chi connectivity index (χ0) is 15.1. The summed E-state index contributed by atoms with van der Waals surface area (Å²) < 4.78 is 37.3. The summed E-state index contributed by atoms with van der Waals surface area (Å²) in [6, 6.07) is 5.18. The van der Waals surface area contributed by atoms with E-state index in [1.807, 2.05) is 0 Å². The number of halogens is 1. The number of rotatable bonds is 5. The molecule has 0 saturated heterocycles. The number of hydrogen-bond acceptors (Lipinski definition) is 4. The summed E-state index contributed by atoms with van der Waals surface area (Å²) in [5.41, 5.74) is -1.49. The molecular weight excluding hydrogens is 287 g/mol. The van der Waals surface area contributed by atoms with Crippen molar-refractivity contribution in [3.8, 4) is 0 Å². The number of aliphatic hydroxyl groups excluding tert-OH is 1. The topological polar surface area (TPSA) is 91.7 Å². The standard InChI is InChI=1S/C13H15FO5S/c1-2-20(18,19)11-10(13(11,7-15)12(16)17)8-4-3-5-9(14)6-8/h3-6,10-11,15H,2,7H2,1H3,(H,16,17)/t10-,11-,13+/m0/s1. The first-order valence-corrected chi connectivity index (χ1v) is 7.84. The molecule has 0 unspecified atom stereocenters. The Morgan fingerprint density at radius 3 is 2.55 bits per heavy atom. The van der Waals surface area contributed by atoms with E-state index < -0.39 is 44.8 Å². The normalized spacial score (nSPS) is 29.1. The first-order valence-electron chi connectivity index (χ1n) is 6.12. The molecule has 2 N–H and O–H groups in total. The lowest BCUT2D eigenvalue weighted by atomic mass is 10.00. The molecule has 1 aliphatic rings. The first-order chi connectivity index (χ1) is 9.31. The number of carboxylic acids is 1. The molecule has 2 rings (SSSR count). The van der Waals surface area contributed by atoms with E-state index in [1.54, 1.807) is 0 Å². The number of aliphatic hydroxyl groups is 1. The molecule has 110 valence electrons. The van der Waals surface area contributed by atoms with E-state index in [0.717, 1.165) is 6.07 Å². The van der Waals surface area contributed by atoms with Crippen LogP contribution >= 0.6 is 0 Å². The van der Waals surface area contributed by atoms with E-state index in [9.17, 15) is 27.8 Å². The third kappa shape index (κ3) is 2.01. The number of aliphatic carboxylic acids is 1. The molecule has 0 bridgehead atoms. The van der Waals surface area contributed by atoms with Gasteiger partial charge in [0.15, 0.2) is 9.84 Å². The van der Waals surface area contributed by atoms with Gasteiger partial charge in [-0.1, -0.05) is 19.1 Å². The van der Waals surface area contributed by atoms with E-state index in [0.29, 0.717) is 0 Å². The van der Waals surface area contributed by atoms with Gasteiger partial charge in [-0.3, -0.25) is 4.79 Å². The van der Waals surface area contributed by atoms with Gasteiger partial charge in [0.1, 0.15) is 11.2 Å². The number of hydrogen-bond donors (Lipinski definition) is 2. The van der Waals surface area contributed by atoms with Crippen molar-refractivity contribution in [2.75, 3.05) is 12.4 Å². The van der Waals surface area contributed by atoms with Crippen molar-refractivity contribution in [2.24, 2.45) is 5.41 Å². The van der Waals surface area contributed by atoms with Crippen LogP contribution in [0.5, 0.6) is 0 Å². The minimum Gasteiger partial charge on any atom is -0.481 e. The maximum atomic E-state index is 13.3. The minimum absolute atomic E-state index is 0.224. The quantitative estimate of drug-likeness (QED) is 0.839. The molecule has 0 aromatic heterocycles. The molecule has 0 heterocycles. The fourth-order valence-electron chi connectivity index (χ4n) is 2.79. The van der Waals surface area contributed by atoms with Gasteiger partial charge in [-0.25, -0.2) is 12.8 Å². The molecule has 1 aromatic rings. The lowest BCUT2D eigenvalue weighted by molar-refractivity contribution is -0.145. The van der Waals surface area contributed by atoms with Crippen molar-refractivity contribution in [2.45, 2.75) is 18.1 Å². The van der Waals surface area contributed by atoms with E-state index in [-0.39, 0.29) is 11.3 Å². The number of carbonyl (C=O) groups is 1. The maximum absolute atomic E-state index is 13.3. The van der Waals surface area contributed by atoms with Gasteiger partial charge < -0.3 is 10.2 Å². The minimum atomic E-state index is -3.66. The Balaban J connectivity index is 2.54. The second-order valence-electron chi connectivity index (χ2n) is 4.91. The van der Waals surface area contributed by atoms with Crippen LogP contribution < -0.4 is 0 Å². The smallest absolute Gasteiger partial charge is 0.314 e. The molecule has 3 atom stereocenters. The Kier molecular flexibility index (Phi) is 3.60. The second kappa shape index (κ2) is 4.82. The Morgan fingerprint density at radius 1 is 1.45 bits per heavy atom. The molecule has 0 amide bonds. The van der Waals surface area contributed by atoms with E-state index in [1.165, 1.54) is 25.1 Å². The third-order valence-corrected chi connectivity index (χ3v) is 6.18. The monoisotopic (exact) mass is 302 g/mol. The van der Waals surface area contributed by atoms with Gasteiger partial charge in [-0.15, -0.1) is 0 Å². The van der Waals surface area contributed by atoms with Crippen LogP contribution in [0.3, 0.4) is 0 Å². The van der Waals surface area contributed by atoms with Crippen LogP contribution in [-0.2, 0) is 14.6 Å². The van der Waals surface area contributed by atoms with Crippen molar-refractivity contribution in [1.29, 1.82) is 0 Å². The fraction of sp³-hybridized carbons (Fsp3) is 0.462. The van der Waals surface area contributed by atoms with Gasteiger partial charge in [-0.05, 0) is 17.7 Å². The predicted octanol–water partition coefficient (Wildman–Crippen LogP) is 0.790. The fourth-order valence-corrected chi connectivity index (χ4v) is 4.85. The molecule has 1 saturated carbocycles. The van der Waals surface area contributed by atoms with Crippen molar-refractivity contribution in [1.82, 2.24) is 0 Å². The highest BCUT2D eigenvalue weighted by Crippen LogP contribution is 2.63. The Hall–Kier alpha value is -1.47. The van der Waals surface area contributed by atoms with Gasteiger partial charge in [-0.2, -0.15) is 0 Å². The molecule has 5 nitrogen and oxygen atoms in total. The summed E-state index contributed by atoms with van der Waals surface area (Å²) in [4.78, 5) is 11.4. The number of benzene rings is 1. The predicted molar refractivity (Wildman–Crippen MR) is 69.5 cm³/mol. The molecule has 1 aliphatic carbocycles. The highest BCUT2D eigenvalue weighted by molar-refractivity contribution is 7.92. The average molecular weight is 302 g/mol. The first kappa shape index (κ1) is 14.9. The molecule has 20 heavy (non-hydrogen) atoms. The van der Waals surface area contributed by atoms with Gasteiger partial charge in [0.2, 0.25) is 0 Å². The van der Waals surface area contributed by atoms with Crippen molar-refractivity contribution >= 4 is 15.8 Å². The van der Waals surface area contributed by atoms with Gasteiger partial charge in [0.05, 0.1) is 11.9 Å². The zero-order valence-electron chi connectivity index (χ0n) is 10.8. The van der Waals surface area contributed by atoms with Crippen LogP contribution in [0.25, 0.3) is 0 Å². The lowest BCUT2D eigenvalue weighted by Crippen LogP contribution is -2.28. The molecule has 0 spiro atoms. The van der Waals surface area contributed by atoms with Gasteiger partial charge in [0, 0.05) is 11.7 Å². The molecule has 1 aromatic carbocycles. The van der Waals surface area contributed by atoms with E-state index in [4.69, 9.17) is 0 Å². The summed E-state index contributed by atoms with van der Waals surface area (Å²) in [5, 5.41) is 17.5. The Bertz CT molecular complexity index is 642. The van der Waals surface area contributed by atoms with Gasteiger partial charge in [0.25, 0.3) is 0 Å². The summed E-state index contributed by atoms with van der Waals surface area (Å²) in [6.07, 6.45) is 0. The second-order valence-corrected chi connectivity index (χ2v) is 7.32. The van der Waals surface area contributed by atoms with Crippen LogP contribution in [0, 0.1) is 11.2 Å². The molecule has 0 radical (unpaired) electrons. The highest BCUT2D eigenvalue weighted by atomic mass is 32.2. The van der Waals surface area contributed by atoms with E-state index >= 15 is 0 Å². The summed E-state index contributed by atoms with van der Waals surface area (Å²) in [6.45, 7) is 0.619. The van der Waals surface area contributed by atoms with Gasteiger partial charge >= 0.3 is 5.97 Å².